The summed E-state index contributed by atoms with van der Waals surface area (Å²) in [5.74, 6) is 0.505. The van der Waals surface area contributed by atoms with Gasteiger partial charge in [-0.05, 0) is 51.0 Å². The van der Waals surface area contributed by atoms with Crippen LogP contribution in [0.4, 0.5) is 0 Å². The third-order valence-corrected chi connectivity index (χ3v) is 4.29. The Hall–Kier alpha value is -2.36. The van der Waals surface area contributed by atoms with E-state index in [1.807, 2.05) is 47.4 Å². The van der Waals surface area contributed by atoms with Gasteiger partial charge in [0.1, 0.15) is 5.69 Å². The lowest BCUT2D eigenvalue weighted by Crippen LogP contribution is -2.01. The summed E-state index contributed by atoms with van der Waals surface area (Å²) in [4.78, 5) is 12.5. The fourth-order valence-corrected chi connectivity index (χ4v) is 2.88. The molecule has 0 aliphatic heterocycles. The fourth-order valence-electron chi connectivity index (χ4n) is 2.88. The molecule has 0 aromatic carbocycles. The Bertz CT molecular complexity index is 852. The fraction of sp³-hybridized carbons (Fsp3) is 0.333. The first kappa shape index (κ1) is 13.3. The Labute approximate surface area is 129 Å². The lowest BCUT2D eigenvalue weighted by Gasteiger charge is -2.04. The van der Waals surface area contributed by atoms with E-state index in [1.54, 1.807) is 0 Å². The van der Waals surface area contributed by atoms with Gasteiger partial charge in [-0.3, -0.25) is 9.48 Å². The van der Waals surface area contributed by atoms with Crippen LogP contribution in [0.1, 0.15) is 43.1 Å². The van der Waals surface area contributed by atoms with Crippen LogP contribution in [0.25, 0.3) is 16.9 Å². The Balaban J connectivity index is 1.88. The molecule has 112 valence electrons. The zero-order valence-electron chi connectivity index (χ0n) is 12.9. The molecule has 4 rings (SSSR count). The smallest absolute Gasteiger partial charge is 0.168 e. The maximum Gasteiger partial charge on any atom is 0.168 e. The normalized spacial score (nSPS) is 14.9. The minimum atomic E-state index is 0.229. The number of aromatic nitrogens is 3. The van der Waals surface area contributed by atoms with Gasteiger partial charge in [0.2, 0.25) is 0 Å². The van der Waals surface area contributed by atoms with E-state index in [-0.39, 0.29) is 11.7 Å². The third kappa shape index (κ3) is 2.06. The van der Waals surface area contributed by atoms with Crippen molar-refractivity contribution in [1.29, 1.82) is 0 Å². The monoisotopic (exact) mass is 293 g/mol. The van der Waals surface area contributed by atoms with E-state index in [0.717, 1.165) is 35.3 Å². The molecule has 0 radical (unpaired) electrons. The average Bonchev–Trinajstić information content (AvgIpc) is 3.12. The van der Waals surface area contributed by atoms with E-state index in [2.05, 4.69) is 23.3 Å². The third-order valence-electron chi connectivity index (χ3n) is 4.29. The minimum absolute atomic E-state index is 0.229. The quantitative estimate of drug-likeness (QED) is 0.683. The van der Waals surface area contributed by atoms with Crippen molar-refractivity contribution in [1.82, 2.24) is 14.2 Å². The predicted octanol–water partition coefficient (Wildman–Crippen LogP) is 3.98. The molecule has 0 spiro atoms. The summed E-state index contributed by atoms with van der Waals surface area (Å²) in [5, 5.41) is 4.65. The number of fused-ring (bicyclic) bond motifs is 1. The van der Waals surface area contributed by atoms with Crippen molar-refractivity contribution in [3.63, 3.8) is 0 Å². The number of hydrogen-bond acceptors (Lipinski definition) is 2. The summed E-state index contributed by atoms with van der Waals surface area (Å²) < 4.78 is 4.02. The molecule has 0 bridgehead atoms. The molecule has 0 atom stereocenters. The Morgan fingerprint density at radius 2 is 2.05 bits per heavy atom. The molecule has 1 aliphatic carbocycles. The van der Waals surface area contributed by atoms with Crippen molar-refractivity contribution in [3.05, 3.63) is 48.3 Å². The molecule has 22 heavy (non-hydrogen) atoms. The first-order valence-corrected chi connectivity index (χ1v) is 7.85. The van der Waals surface area contributed by atoms with Gasteiger partial charge >= 0.3 is 0 Å². The maximum absolute atomic E-state index is 12.5. The van der Waals surface area contributed by atoms with E-state index in [1.165, 1.54) is 0 Å². The number of ketones is 1. The number of nitrogens with zero attached hydrogens (tertiary/aromatic N) is 3. The van der Waals surface area contributed by atoms with E-state index < -0.39 is 0 Å². The van der Waals surface area contributed by atoms with Crippen molar-refractivity contribution in [2.45, 2.75) is 32.7 Å². The molecule has 0 N–H and O–H groups in total. The number of carbonyl (C=O) groups is 1. The summed E-state index contributed by atoms with van der Waals surface area (Å²) in [6.45, 7) is 4.21. The second kappa shape index (κ2) is 4.83. The molecule has 0 unspecified atom stereocenters. The Kier molecular flexibility index (Phi) is 2.93. The van der Waals surface area contributed by atoms with Crippen molar-refractivity contribution in [2.24, 2.45) is 5.92 Å². The zero-order chi connectivity index (χ0) is 15.3. The first-order valence-electron chi connectivity index (χ1n) is 7.85. The van der Waals surface area contributed by atoms with Crippen LogP contribution in [0.3, 0.4) is 0 Å². The van der Waals surface area contributed by atoms with Gasteiger partial charge in [0.25, 0.3) is 0 Å². The Morgan fingerprint density at radius 3 is 2.73 bits per heavy atom. The van der Waals surface area contributed by atoms with Crippen molar-refractivity contribution >= 4 is 11.3 Å². The molecule has 3 heterocycles. The van der Waals surface area contributed by atoms with Crippen molar-refractivity contribution in [3.8, 4) is 11.4 Å². The van der Waals surface area contributed by atoms with E-state index >= 15 is 0 Å². The molecule has 1 saturated carbocycles. The van der Waals surface area contributed by atoms with Crippen LogP contribution >= 0.6 is 0 Å². The average molecular weight is 293 g/mol. The van der Waals surface area contributed by atoms with Crippen molar-refractivity contribution < 1.29 is 4.79 Å². The van der Waals surface area contributed by atoms with Crippen LogP contribution in [-0.2, 0) is 0 Å². The van der Waals surface area contributed by atoms with Crippen LogP contribution in [0.15, 0.2) is 42.7 Å². The standard InChI is InChI=1S/C18H19N3O/c1-12(2)21-10-8-15(19-21)17-11-14(18(22)13-6-7-13)16-5-3-4-9-20(16)17/h3-5,8-13H,6-7H2,1-2H3. The second-order valence-electron chi connectivity index (χ2n) is 6.31. The lowest BCUT2D eigenvalue weighted by molar-refractivity contribution is 0.0969. The summed E-state index contributed by atoms with van der Waals surface area (Å²) in [7, 11) is 0. The highest BCUT2D eigenvalue weighted by Gasteiger charge is 2.32. The van der Waals surface area contributed by atoms with Crippen LogP contribution in [-0.4, -0.2) is 20.0 Å². The Morgan fingerprint density at radius 1 is 1.23 bits per heavy atom. The number of rotatable bonds is 4. The van der Waals surface area contributed by atoms with Gasteiger partial charge in [0.15, 0.2) is 5.78 Å². The summed E-state index contributed by atoms with van der Waals surface area (Å²) in [5.41, 5.74) is 3.70. The molecule has 4 heteroatoms. The number of carbonyl (C=O) groups excluding carboxylic acids is 1. The van der Waals surface area contributed by atoms with E-state index in [9.17, 15) is 4.79 Å². The lowest BCUT2D eigenvalue weighted by atomic mass is 10.1. The van der Waals surface area contributed by atoms with Crippen LogP contribution in [0.2, 0.25) is 0 Å². The van der Waals surface area contributed by atoms with Gasteiger partial charge in [0, 0.05) is 29.9 Å². The molecule has 0 saturated heterocycles. The molecular formula is C18H19N3O. The highest BCUT2D eigenvalue weighted by atomic mass is 16.1. The molecular weight excluding hydrogens is 274 g/mol. The highest BCUT2D eigenvalue weighted by Crippen LogP contribution is 2.35. The van der Waals surface area contributed by atoms with Gasteiger partial charge in [-0.25, -0.2) is 0 Å². The highest BCUT2D eigenvalue weighted by molar-refractivity contribution is 6.06. The van der Waals surface area contributed by atoms with Gasteiger partial charge in [-0.1, -0.05) is 6.07 Å². The van der Waals surface area contributed by atoms with Crippen LogP contribution < -0.4 is 0 Å². The largest absolute Gasteiger partial charge is 0.314 e. The van der Waals surface area contributed by atoms with E-state index in [0.29, 0.717) is 6.04 Å². The number of hydrogen-bond donors (Lipinski definition) is 0. The van der Waals surface area contributed by atoms with Crippen LogP contribution in [0.5, 0.6) is 0 Å². The van der Waals surface area contributed by atoms with Gasteiger partial charge in [0.05, 0.1) is 11.2 Å². The molecule has 3 aromatic heterocycles. The van der Waals surface area contributed by atoms with Gasteiger partial charge in [-0.2, -0.15) is 5.10 Å². The van der Waals surface area contributed by atoms with E-state index in [4.69, 9.17) is 0 Å². The SMILES string of the molecule is CC(C)n1ccc(-c2cc(C(=O)C3CC3)c3ccccn23)n1. The minimum Gasteiger partial charge on any atom is -0.314 e. The maximum atomic E-state index is 12.5. The topological polar surface area (TPSA) is 39.3 Å². The summed E-state index contributed by atoms with van der Waals surface area (Å²) >= 11 is 0. The summed E-state index contributed by atoms with van der Waals surface area (Å²) in [6.07, 6.45) is 6.05. The van der Waals surface area contributed by atoms with Gasteiger partial charge in [-0.15, -0.1) is 0 Å². The predicted molar refractivity (Wildman–Crippen MR) is 86.1 cm³/mol. The van der Waals surface area contributed by atoms with Crippen molar-refractivity contribution in [2.75, 3.05) is 0 Å². The number of pyridine rings is 1. The molecule has 4 nitrogen and oxygen atoms in total. The number of Topliss-reactive ketones (excluding diaryl/α,β-unsaturated/α-hetero) is 1. The van der Waals surface area contributed by atoms with Crippen LogP contribution in [0, 0.1) is 5.92 Å². The van der Waals surface area contributed by atoms with Gasteiger partial charge < -0.3 is 4.40 Å². The zero-order valence-corrected chi connectivity index (χ0v) is 12.9. The molecule has 0 amide bonds. The summed E-state index contributed by atoms with van der Waals surface area (Å²) in [6, 6.07) is 10.3. The first-order chi connectivity index (χ1) is 10.6. The molecule has 1 fully saturated rings. The molecule has 1 aliphatic rings. The molecule has 3 aromatic rings. The second-order valence-corrected chi connectivity index (χ2v) is 6.31.